The Balaban J connectivity index is 1.19. The lowest BCUT2D eigenvalue weighted by atomic mass is 10.1. The zero-order chi connectivity index (χ0) is 25.8. The molecule has 3 N–H and O–H groups in total. The van der Waals surface area contributed by atoms with Crippen LogP contribution in [0.3, 0.4) is 0 Å². The Bertz CT molecular complexity index is 1450. The summed E-state index contributed by atoms with van der Waals surface area (Å²) >= 11 is 0. The summed E-state index contributed by atoms with van der Waals surface area (Å²) in [6, 6.07) is 12.9. The minimum atomic E-state index is -0.305. The van der Waals surface area contributed by atoms with E-state index in [9.17, 15) is 9.59 Å². The minimum absolute atomic E-state index is 0.0545. The van der Waals surface area contributed by atoms with Crippen molar-refractivity contribution in [3.63, 3.8) is 0 Å². The molecule has 0 spiro atoms. The summed E-state index contributed by atoms with van der Waals surface area (Å²) < 4.78 is 1.68. The molecule has 1 aliphatic rings. The zero-order valence-electron chi connectivity index (χ0n) is 20.4. The van der Waals surface area contributed by atoms with E-state index in [1.807, 2.05) is 61.8 Å². The fourth-order valence-electron chi connectivity index (χ4n) is 4.30. The molecule has 3 aromatic heterocycles. The number of aryl methyl sites for hydroxylation is 1. The van der Waals surface area contributed by atoms with Gasteiger partial charge in [-0.1, -0.05) is 24.3 Å². The van der Waals surface area contributed by atoms with Crippen LogP contribution in [0.2, 0.25) is 0 Å². The van der Waals surface area contributed by atoms with E-state index in [-0.39, 0.29) is 23.7 Å². The molecular weight excluding hydrogens is 466 g/mol. The number of benzene rings is 1. The molecule has 0 saturated carbocycles. The van der Waals surface area contributed by atoms with Gasteiger partial charge in [0, 0.05) is 67.7 Å². The third-order valence-corrected chi connectivity index (χ3v) is 6.34. The van der Waals surface area contributed by atoms with Crippen molar-refractivity contribution in [3.05, 3.63) is 95.7 Å². The van der Waals surface area contributed by atoms with E-state index < -0.39 is 0 Å². The van der Waals surface area contributed by atoms with Crippen LogP contribution in [-0.2, 0) is 7.05 Å². The second-order valence-electron chi connectivity index (χ2n) is 9.01. The lowest BCUT2D eigenvalue weighted by molar-refractivity contribution is 0.0783. The number of anilines is 1. The van der Waals surface area contributed by atoms with Gasteiger partial charge in [-0.05, 0) is 47.9 Å². The number of nitrogens with zero attached hydrogens (tertiary/aromatic N) is 5. The third kappa shape index (κ3) is 5.56. The number of amides is 2. The molecule has 0 radical (unpaired) electrons. The maximum Gasteiger partial charge on any atom is 0.255 e. The van der Waals surface area contributed by atoms with Gasteiger partial charge >= 0.3 is 0 Å². The van der Waals surface area contributed by atoms with Gasteiger partial charge in [0.1, 0.15) is 5.82 Å². The summed E-state index contributed by atoms with van der Waals surface area (Å²) in [7, 11) is 1.82. The van der Waals surface area contributed by atoms with Crippen molar-refractivity contribution in [2.45, 2.75) is 12.5 Å². The molecule has 186 valence electrons. The normalized spacial score (nSPS) is 15.3. The Kier molecular flexibility index (Phi) is 6.76. The number of hydrogen-bond donors (Lipinski definition) is 2. The van der Waals surface area contributed by atoms with E-state index in [4.69, 9.17) is 5.73 Å². The predicted octanol–water partition coefficient (Wildman–Crippen LogP) is 3.27. The number of carbonyl (C=O) groups excluding carboxylic acids is 2. The van der Waals surface area contributed by atoms with Gasteiger partial charge < -0.3 is 16.0 Å². The first kappa shape index (κ1) is 23.9. The van der Waals surface area contributed by atoms with E-state index >= 15 is 0 Å². The molecule has 4 aromatic rings. The second-order valence-corrected chi connectivity index (χ2v) is 9.01. The van der Waals surface area contributed by atoms with Gasteiger partial charge in [0.15, 0.2) is 0 Å². The molecule has 1 fully saturated rings. The monoisotopic (exact) mass is 493 g/mol. The van der Waals surface area contributed by atoms with Gasteiger partial charge in [-0.3, -0.25) is 19.3 Å². The number of carbonyl (C=O) groups is 2. The fraction of sp³-hybridized carbons (Fsp3) is 0.179. The summed E-state index contributed by atoms with van der Waals surface area (Å²) in [5.41, 5.74) is 10.6. The maximum absolute atomic E-state index is 13.0. The highest BCUT2D eigenvalue weighted by molar-refractivity contribution is 6.00. The van der Waals surface area contributed by atoms with Crippen LogP contribution in [0, 0.1) is 0 Å². The molecule has 5 rings (SSSR count). The molecule has 1 aliphatic heterocycles. The van der Waals surface area contributed by atoms with Crippen molar-refractivity contribution < 1.29 is 9.59 Å². The zero-order valence-corrected chi connectivity index (χ0v) is 20.4. The SMILES string of the molecule is Cn1cc(-c2cnc(N)c(C(=O)N[C@@H]3CCN(C(=O)c4ccc(/C=C/c5ccncc5)cc4)C3)c2)cn1. The topological polar surface area (TPSA) is 119 Å². The van der Waals surface area contributed by atoms with E-state index in [2.05, 4.69) is 20.4 Å². The Morgan fingerprint density at radius 2 is 1.76 bits per heavy atom. The number of pyridine rings is 2. The Morgan fingerprint density at radius 1 is 1.03 bits per heavy atom. The molecule has 4 heterocycles. The number of aromatic nitrogens is 4. The molecule has 37 heavy (non-hydrogen) atoms. The lowest BCUT2D eigenvalue weighted by Gasteiger charge is -2.18. The Morgan fingerprint density at radius 3 is 2.46 bits per heavy atom. The van der Waals surface area contributed by atoms with Gasteiger partial charge in [-0.25, -0.2) is 4.98 Å². The van der Waals surface area contributed by atoms with Gasteiger partial charge in [0.25, 0.3) is 11.8 Å². The largest absolute Gasteiger partial charge is 0.383 e. The first-order valence-electron chi connectivity index (χ1n) is 12.0. The van der Waals surface area contributed by atoms with Crippen LogP contribution in [-0.4, -0.2) is 55.6 Å². The highest BCUT2D eigenvalue weighted by Gasteiger charge is 2.28. The number of rotatable bonds is 6. The van der Waals surface area contributed by atoms with E-state index in [1.165, 1.54) is 0 Å². The first-order chi connectivity index (χ1) is 18.0. The summed E-state index contributed by atoms with van der Waals surface area (Å²) in [5.74, 6) is -0.198. The van der Waals surface area contributed by atoms with Crippen LogP contribution >= 0.6 is 0 Å². The standard InChI is InChI=1S/C28H27N7O2/c1-34-17-23(16-32-34)22-14-25(26(29)31-15-22)27(36)33-24-10-13-35(18-24)28(37)21-6-4-19(5-7-21)2-3-20-8-11-30-12-9-20/h2-9,11-12,14-17,24H,10,13,18H2,1H3,(H2,29,31)(H,33,36)/b3-2+/t24-/m1/s1. The van der Waals surface area contributed by atoms with E-state index in [0.717, 1.165) is 22.3 Å². The molecule has 9 nitrogen and oxygen atoms in total. The molecule has 0 aliphatic carbocycles. The average molecular weight is 494 g/mol. The predicted molar refractivity (Wildman–Crippen MR) is 142 cm³/mol. The molecule has 1 atom stereocenters. The highest BCUT2D eigenvalue weighted by atomic mass is 16.2. The van der Waals surface area contributed by atoms with Gasteiger partial charge in [0.2, 0.25) is 0 Å². The van der Waals surface area contributed by atoms with Gasteiger partial charge in [-0.15, -0.1) is 0 Å². The second kappa shape index (κ2) is 10.4. The van der Waals surface area contributed by atoms with Crippen molar-refractivity contribution in [2.24, 2.45) is 7.05 Å². The molecular formula is C28H27N7O2. The molecule has 1 saturated heterocycles. The van der Waals surface area contributed by atoms with Crippen molar-refractivity contribution in [2.75, 3.05) is 18.8 Å². The number of nitrogens with two attached hydrogens (primary N) is 1. The molecule has 9 heteroatoms. The smallest absolute Gasteiger partial charge is 0.255 e. The summed E-state index contributed by atoms with van der Waals surface area (Å²) in [6.45, 7) is 1.00. The van der Waals surface area contributed by atoms with Crippen LogP contribution in [0.4, 0.5) is 5.82 Å². The average Bonchev–Trinajstić information content (AvgIpc) is 3.57. The van der Waals surface area contributed by atoms with Crippen LogP contribution < -0.4 is 11.1 Å². The van der Waals surface area contributed by atoms with Gasteiger partial charge in [0.05, 0.1) is 11.8 Å². The van der Waals surface area contributed by atoms with E-state index in [1.54, 1.807) is 40.4 Å². The summed E-state index contributed by atoms with van der Waals surface area (Å²) in [4.78, 5) is 36.0. The van der Waals surface area contributed by atoms with Crippen molar-refractivity contribution in [3.8, 4) is 11.1 Å². The third-order valence-electron chi connectivity index (χ3n) is 6.34. The number of nitrogen functional groups attached to an aromatic ring is 1. The minimum Gasteiger partial charge on any atom is -0.383 e. The highest BCUT2D eigenvalue weighted by Crippen LogP contribution is 2.22. The Labute approximate surface area is 214 Å². The summed E-state index contributed by atoms with van der Waals surface area (Å²) in [6.07, 6.45) is 13.3. The van der Waals surface area contributed by atoms with Gasteiger partial charge in [-0.2, -0.15) is 5.10 Å². The Hall–Kier alpha value is -4.79. The van der Waals surface area contributed by atoms with Crippen LogP contribution in [0.1, 0.15) is 38.3 Å². The molecule has 2 amide bonds. The number of hydrogen-bond acceptors (Lipinski definition) is 6. The van der Waals surface area contributed by atoms with Crippen LogP contribution in [0.5, 0.6) is 0 Å². The molecule has 1 aromatic carbocycles. The fourth-order valence-corrected chi connectivity index (χ4v) is 4.30. The van der Waals surface area contributed by atoms with Crippen molar-refractivity contribution in [1.29, 1.82) is 0 Å². The van der Waals surface area contributed by atoms with Crippen molar-refractivity contribution >= 4 is 29.8 Å². The quantitative estimate of drug-likeness (QED) is 0.426. The van der Waals surface area contributed by atoms with E-state index in [0.29, 0.717) is 30.6 Å². The maximum atomic E-state index is 13.0. The molecule has 0 unspecified atom stereocenters. The number of likely N-dealkylation sites (tertiary alicyclic amines) is 1. The lowest BCUT2D eigenvalue weighted by Crippen LogP contribution is -2.38. The van der Waals surface area contributed by atoms with Crippen LogP contribution in [0.25, 0.3) is 23.3 Å². The molecule has 0 bridgehead atoms. The van der Waals surface area contributed by atoms with Crippen molar-refractivity contribution in [1.82, 2.24) is 30.0 Å². The number of nitrogens with one attached hydrogen (secondary N) is 1. The van der Waals surface area contributed by atoms with Crippen LogP contribution in [0.15, 0.2) is 73.4 Å². The first-order valence-corrected chi connectivity index (χ1v) is 12.0. The summed E-state index contributed by atoms with van der Waals surface area (Å²) in [5, 5.41) is 7.17.